The summed E-state index contributed by atoms with van der Waals surface area (Å²) in [5.74, 6) is -0.887. The van der Waals surface area contributed by atoms with E-state index < -0.39 is 6.10 Å². The van der Waals surface area contributed by atoms with Gasteiger partial charge in [-0.3, -0.25) is 14.4 Å². The maximum atomic E-state index is 12.9. The summed E-state index contributed by atoms with van der Waals surface area (Å²) >= 11 is 0. The zero-order chi connectivity index (χ0) is 58.5. The minimum atomic E-state index is -0.787. The van der Waals surface area contributed by atoms with Gasteiger partial charge in [-0.15, -0.1) is 0 Å². The van der Waals surface area contributed by atoms with Crippen molar-refractivity contribution in [3.63, 3.8) is 0 Å². The normalized spacial score (nSPS) is 12.6. The van der Waals surface area contributed by atoms with Crippen LogP contribution in [0, 0.1) is 0 Å². The minimum Gasteiger partial charge on any atom is -0.462 e. The van der Waals surface area contributed by atoms with Gasteiger partial charge in [0, 0.05) is 19.3 Å². The van der Waals surface area contributed by atoms with Gasteiger partial charge in [-0.2, -0.15) is 0 Å². The second-order valence-electron chi connectivity index (χ2n) is 23.4. The molecule has 0 aromatic carbocycles. The lowest BCUT2D eigenvalue weighted by Gasteiger charge is -2.18. The molecular weight excluding hydrogens is 997 g/mol. The quantitative estimate of drug-likeness (QED) is 0.0261. The average molecular weight is 1130 g/mol. The van der Waals surface area contributed by atoms with Crippen molar-refractivity contribution < 1.29 is 28.6 Å². The lowest BCUT2D eigenvalue weighted by molar-refractivity contribution is -0.167. The van der Waals surface area contributed by atoms with Crippen LogP contribution in [0.4, 0.5) is 0 Å². The van der Waals surface area contributed by atoms with Crippen molar-refractivity contribution >= 4 is 17.9 Å². The molecule has 0 aliphatic heterocycles. The molecule has 0 N–H and O–H groups in total. The zero-order valence-corrected chi connectivity index (χ0v) is 53.8. The summed E-state index contributed by atoms with van der Waals surface area (Å²) in [4.78, 5) is 38.4. The summed E-state index contributed by atoms with van der Waals surface area (Å²) in [6.07, 6.45) is 91.8. The predicted octanol–water partition coefficient (Wildman–Crippen LogP) is 24.2. The number of esters is 3. The highest BCUT2D eigenvalue weighted by atomic mass is 16.6. The lowest BCUT2D eigenvalue weighted by Crippen LogP contribution is -2.30. The van der Waals surface area contributed by atoms with Gasteiger partial charge in [0.1, 0.15) is 13.2 Å². The minimum absolute atomic E-state index is 0.0814. The van der Waals surface area contributed by atoms with Gasteiger partial charge < -0.3 is 14.2 Å². The van der Waals surface area contributed by atoms with Crippen LogP contribution in [0.3, 0.4) is 0 Å². The Morgan fingerprint density at radius 1 is 0.259 bits per heavy atom. The van der Waals surface area contributed by atoms with Gasteiger partial charge in [0.05, 0.1) is 0 Å². The van der Waals surface area contributed by atoms with Crippen molar-refractivity contribution in [3.05, 3.63) is 85.1 Å². The summed E-state index contributed by atoms with van der Waals surface area (Å²) < 4.78 is 17.0. The van der Waals surface area contributed by atoms with Crippen LogP contribution < -0.4 is 0 Å². The van der Waals surface area contributed by atoms with E-state index in [0.29, 0.717) is 19.3 Å². The second kappa shape index (κ2) is 69.1. The first-order chi connectivity index (χ1) is 40.0. The van der Waals surface area contributed by atoms with E-state index in [9.17, 15) is 14.4 Å². The summed E-state index contributed by atoms with van der Waals surface area (Å²) in [6.45, 7) is 6.54. The maximum Gasteiger partial charge on any atom is 0.306 e. The first-order valence-electron chi connectivity index (χ1n) is 35.1. The van der Waals surface area contributed by atoms with E-state index >= 15 is 0 Å². The SMILES string of the molecule is CC/C=C\C/C=C\C/C=C\CCCCCCCC(=O)OCC(COC(=O)CCCCCCCCCCCCCCCCCC/C=C\C/C=C\C/C=C\CCCCCCC)OC(=O)CCCCCCCCC/C=C\CCCCCCCC. The monoisotopic (exact) mass is 1130 g/mol. The molecular formula is C75H132O6. The summed E-state index contributed by atoms with van der Waals surface area (Å²) in [7, 11) is 0. The number of allylic oxidation sites excluding steroid dienone is 14. The molecule has 0 radical (unpaired) electrons. The van der Waals surface area contributed by atoms with Crippen molar-refractivity contribution in [1.82, 2.24) is 0 Å². The lowest BCUT2D eigenvalue weighted by atomic mass is 10.0. The molecule has 0 spiro atoms. The third-order valence-corrected chi connectivity index (χ3v) is 15.4. The van der Waals surface area contributed by atoms with Crippen molar-refractivity contribution in [2.45, 2.75) is 361 Å². The van der Waals surface area contributed by atoms with Crippen LogP contribution in [-0.4, -0.2) is 37.2 Å². The van der Waals surface area contributed by atoms with Crippen molar-refractivity contribution in [1.29, 1.82) is 0 Å². The van der Waals surface area contributed by atoms with E-state index in [2.05, 4.69) is 106 Å². The van der Waals surface area contributed by atoms with Crippen LogP contribution in [0.1, 0.15) is 355 Å². The topological polar surface area (TPSA) is 78.9 Å². The maximum absolute atomic E-state index is 12.9. The predicted molar refractivity (Wildman–Crippen MR) is 353 cm³/mol. The fourth-order valence-electron chi connectivity index (χ4n) is 10.1. The fourth-order valence-corrected chi connectivity index (χ4v) is 10.1. The van der Waals surface area contributed by atoms with Crippen molar-refractivity contribution in [2.75, 3.05) is 13.2 Å². The molecule has 0 heterocycles. The molecule has 0 saturated carbocycles. The molecule has 0 amide bonds. The Morgan fingerprint density at radius 2 is 0.481 bits per heavy atom. The van der Waals surface area contributed by atoms with Crippen LogP contribution in [0.2, 0.25) is 0 Å². The van der Waals surface area contributed by atoms with Gasteiger partial charge >= 0.3 is 17.9 Å². The van der Waals surface area contributed by atoms with E-state index in [1.807, 2.05) is 0 Å². The van der Waals surface area contributed by atoms with E-state index in [0.717, 1.165) is 109 Å². The van der Waals surface area contributed by atoms with Gasteiger partial charge in [0.2, 0.25) is 0 Å². The molecule has 468 valence electrons. The number of carbonyl (C=O) groups excluding carboxylic acids is 3. The molecule has 0 saturated heterocycles. The zero-order valence-electron chi connectivity index (χ0n) is 53.8. The Balaban J connectivity index is 4.23. The molecule has 0 fully saturated rings. The molecule has 6 nitrogen and oxygen atoms in total. The van der Waals surface area contributed by atoms with E-state index in [1.165, 1.54) is 205 Å². The second-order valence-corrected chi connectivity index (χ2v) is 23.4. The van der Waals surface area contributed by atoms with Crippen LogP contribution in [0.15, 0.2) is 85.1 Å². The first kappa shape index (κ1) is 77.6. The average Bonchev–Trinajstić information content (AvgIpc) is 3.47. The third-order valence-electron chi connectivity index (χ3n) is 15.4. The third kappa shape index (κ3) is 67.3. The fraction of sp³-hybridized carbons (Fsp3) is 0.773. The Kier molecular flexibility index (Phi) is 66.2. The number of ether oxygens (including phenoxy) is 3. The number of carbonyl (C=O) groups is 3. The molecule has 6 heteroatoms. The van der Waals surface area contributed by atoms with Gasteiger partial charge in [-0.25, -0.2) is 0 Å². The molecule has 0 aromatic rings. The first-order valence-corrected chi connectivity index (χ1v) is 35.1. The highest BCUT2D eigenvalue weighted by Gasteiger charge is 2.19. The Labute approximate surface area is 503 Å². The number of hydrogen-bond donors (Lipinski definition) is 0. The molecule has 0 aliphatic rings. The smallest absolute Gasteiger partial charge is 0.306 e. The summed E-state index contributed by atoms with van der Waals surface area (Å²) in [6, 6.07) is 0. The number of hydrogen-bond acceptors (Lipinski definition) is 6. The Hall–Kier alpha value is -3.41. The standard InChI is InChI=1S/C75H132O6/c1-4-7-10-13-16-19-22-25-28-30-31-32-33-34-35-36-37-38-39-40-41-42-43-45-47-50-53-56-59-62-65-68-74(77)80-71-72(70-79-73(76)67-64-61-58-55-52-49-46-27-24-21-18-15-12-9-6-3)81-75(78)69-66-63-60-57-54-51-48-44-29-26-23-20-17-14-11-8-5-2/h9,12,18,21-22,25-27,29-31,33-34,46,72H,4-8,10-11,13-17,19-20,23-24,28,32,35-45,47-71H2,1-3H3/b12-9-,21-18-,25-22-,29-26-,31-30-,34-33-,46-27-. The van der Waals surface area contributed by atoms with Crippen molar-refractivity contribution in [2.24, 2.45) is 0 Å². The molecule has 0 aliphatic carbocycles. The van der Waals surface area contributed by atoms with E-state index in [-0.39, 0.29) is 31.1 Å². The van der Waals surface area contributed by atoms with Gasteiger partial charge in [-0.05, 0) is 116 Å². The molecule has 0 bridgehead atoms. The van der Waals surface area contributed by atoms with E-state index in [1.54, 1.807) is 0 Å². The van der Waals surface area contributed by atoms with Crippen LogP contribution in [0.5, 0.6) is 0 Å². The molecule has 1 atom stereocenters. The number of unbranched alkanes of at least 4 members (excludes halogenated alkanes) is 39. The Morgan fingerprint density at radius 3 is 0.765 bits per heavy atom. The number of rotatable bonds is 64. The van der Waals surface area contributed by atoms with Crippen LogP contribution in [-0.2, 0) is 28.6 Å². The summed E-state index contributed by atoms with van der Waals surface area (Å²) in [5, 5.41) is 0. The molecule has 1 unspecified atom stereocenters. The largest absolute Gasteiger partial charge is 0.462 e. The van der Waals surface area contributed by atoms with Crippen molar-refractivity contribution in [3.8, 4) is 0 Å². The van der Waals surface area contributed by atoms with Gasteiger partial charge in [-0.1, -0.05) is 305 Å². The van der Waals surface area contributed by atoms with E-state index in [4.69, 9.17) is 14.2 Å². The van der Waals surface area contributed by atoms with Gasteiger partial charge in [0.15, 0.2) is 6.10 Å². The molecule has 0 aromatic heterocycles. The van der Waals surface area contributed by atoms with Gasteiger partial charge in [0.25, 0.3) is 0 Å². The molecule has 0 rings (SSSR count). The highest BCUT2D eigenvalue weighted by molar-refractivity contribution is 5.71. The Bertz CT molecular complexity index is 1530. The van der Waals surface area contributed by atoms with Crippen LogP contribution in [0.25, 0.3) is 0 Å². The summed E-state index contributed by atoms with van der Waals surface area (Å²) in [5.41, 5.74) is 0. The molecule has 81 heavy (non-hydrogen) atoms. The highest BCUT2D eigenvalue weighted by Crippen LogP contribution is 2.17. The van der Waals surface area contributed by atoms with Crippen LogP contribution >= 0.6 is 0 Å².